The molecule has 0 saturated carbocycles. The van der Waals surface area contributed by atoms with Crippen molar-refractivity contribution in [2.45, 2.75) is 53.1 Å². The van der Waals surface area contributed by atoms with Crippen LogP contribution in [0.5, 0.6) is 0 Å². The topological polar surface area (TPSA) is 38.3 Å². The second-order valence-corrected chi connectivity index (χ2v) is 6.04. The predicted octanol–water partition coefficient (Wildman–Crippen LogP) is 4.52. The van der Waals surface area contributed by atoms with E-state index in [-0.39, 0.29) is 11.5 Å². The van der Waals surface area contributed by atoms with E-state index in [0.29, 0.717) is 13.2 Å². The van der Waals surface area contributed by atoms with Crippen molar-refractivity contribution in [3.05, 3.63) is 35.9 Å². The number of unbranched alkanes of at least 4 members (excludes halogenated alkanes) is 2. The van der Waals surface area contributed by atoms with E-state index < -0.39 is 0 Å². The number of rotatable bonds is 8. The number of nitrogens with one attached hydrogen (secondary N) is 1. The van der Waals surface area contributed by atoms with Crippen molar-refractivity contribution in [3.63, 3.8) is 0 Å². The first-order valence-corrected chi connectivity index (χ1v) is 7.48. The quantitative estimate of drug-likeness (QED) is 0.709. The summed E-state index contributed by atoms with van der Waals surface area (Å²) in [5, 5.41) is 2.86. The van der Waals surface area contributed by atoms with Crippen LogP contribution in [-0.4, -0.2) is 12.6 Å². The first-order valence-electron chi connectivity index (χ1n) is 7.48. The van der Waals surface area contributed by atoms with E-state index in [2.05, 4.69) is 26.1 Å². The van der Waals surface area contributed by atoms with Gasteiger partial charge in [-0.15, -0.1) is 0 Å². The van der Waals surface area contributed by atoms with Gasteiger partial charge in [0.15, 0.2) is 0 Å². The monoisotopic (exact) mass is 277 g/mol. The lowest BCUT2D eigenvalue weighted by molar-refractivity contribution is 0.134. The van der Waals surface area contributed by atoms with Crippen LogP contribution in [0.1, 0.15) is 52.0 Å². The maximum atomic E-state index is 11.7. The maximum absolute atomic E-state index is 11.7. The molecule has 0 aliphatic heterocycles. The summed E-state index contributed by atoms with van der Waals surface area (Å²) in [6, 6.07) is 9.72. The van der Waals surface area contributed by atoms with Crippen molar-refractivity contribution in [3.8, 4) is 0 Å². The largest absolute Gasteiger partial charge is 0.445 e. The van der Waals surface area contributed by atoms with Gasteiger partial charge in [0.2, 0.25) is 0 Å². The average molecular weight is 277 g/mol. The molecule has 1 amide bonds. The number of ether oxygens (including phenoxy) is 1. The predicted molar refractivity (Wildman–Crippen MR) is 82.6 cm³/mol. The zero-order valence-corrected chi connectivity index (χ0v) is 12.9. The van der Waals surface area contributed by atoms with Crippen LogP contribution in [0.2, 0.25) is 0 Å². The van der Waals surface area contributed by atoms with Crippen molar-refractivity contribution < 1.29 is 9.53 Å². The Morgan fingerprint density at radius 1 is 1.20 bits per heavy atom. The SMILES string of the molecule is CCCCCC(C)(C)CNC(=O)OCc1ccccc1. The molecule has 112 valence electrons. The molecule has 0 unspecified atom stereocenters. The highest BCUT2D eigenvalue weighted by molar-refractivity contribution is 5.67. The number of hydrogen-bond donors (Lipinski definition) is 1. The highest BCUT2D eigenvalue weighted by Crippen LogP contribution is 2.22. The van der Waals surface area contributed by atoms with Crippen LogP contribution < -0.4 is 5.32 Å². The Bertz CT molecular complexity index is 387. The van der Waals surface area contributed by atoms with Crippen LogP contribution in [0.3, 0.4) is 0 Å². The molecule has 0 fully saturated rings. The summed E-state index contributed by atoms with van der Waals surface area (Å²) >= 11 is 0. The second-order valence-electron chi connectivity index (χ2n) is 6.04. The fourth-order valence-corrected chi connectivity index (χ4v) is 2.03. The number of benzene rings is 1. The molecule has 3 heteroatoms. The van der Waals surface area contributed by atoms with Crippen molar-refractivity contribution in [1.82, 2.24) is 5.32 Å². The highest BCUT2D eigenvalue weighted by Gasteiger charge is 2.18. The Balaban J connectivity index is 2.22. The second kappa shape index (κ2) is 8.62. The van der Waals surface area contributed by atoms with Gasteiger partial charge in [0, 0.05) is 6.54 Å². The summed E-state index contributed by atoms with van der Waals surface area (Å²) in [5.74, 6) is 0. The molecule has 20 heavy (non-hydrogen) atoms. The first kappa shape index (κ1) is 16.5. The Kier molecular flexibility index (Phi) is 7.13. The van der Waals surface area contributed by atoms with E-state index in [1.807, 2.05) is 30.3 Å². The van der Waals surface area contributed by atoms with Crippen molar-refractivity contribution >= 4 is 6.09 Å². The number of alkyl carbamates (subject to hydrolysis) is 1. The van der Waals surface area contributed by atoms with E-state index in [0.717, 1.165) is 12.0 Å². The van der Waals surface area contributed by atoms with E-state index in [9.17, 15) is 4.79 Å². The number of carbonyl (C=O) groups is 1. The van der Waals surface area contributed by atoms with Gasteiger partial charge in [-0.1, -0.05) is 70.4 Å². The molecule has 0 aliphatic rings. The van der Waals surface area contributed by atoms with E-state index in [4.69, 9.17) is 4.74 Å². The number of carbonyl (C=O) groups excluding carboxylic acids is 1. The zero-order chi connectivity index (χ0) is 14.8. The third kappa shape index (κ3) is 7.17. The number of hydrogen-bond acceptors (Lipinski definition) is 2. The Morgan fingerprint density at radius 3 is 2.55 bits per heavy atom. The summed E-state index contributed by atoms with van der Waals surface area (Å²) in [6.45, 7) is 7.54. The lowest BCUT2D eigenvalue weighted by atomic mass is 9.87. The fourth-order valence-electron chi connectivity index (χ4n) is 2.03. The summed E-state index contributed by atoms with van der Waals surface area (Å²) in [7, 11) is 0. The smallest absolute Gasteiger partial charge is 0.407 e. The van der Waals surface area contributed by atoms with Gasteiger partial charge in [-0.3, -0.25) is 0 Å². The Morgan fingerprint density at radius 2 is 1.90 bits per heavy atom. The fraction of sp³-hybridized carbons (Fsp3) is 0.588. The van der Waals surface area contributed by atoms with Gasteiger partial charge in [0.25, 0.3) is 0 Å². The van der Waals surface area contributed by atoms with Crippen molar-refractivity contribution in [2.24, 2.45) is 5.41 Å². The molecular formula is C17H27NO2. The minimum absolute atomic E-state index is 0.126. The van der Waals surface area contributed by atoms with Gasteiger partial charge in [0.1, 0.15) is 6.61 Å². The van der Waals surface area contributed by atoms with E-state index in [1.165, 1.54) is 19.3 Å². The normalized spacial score (nSPS) is 11.2. The molecule has 1 N–H and O–H groups in total. The molecule has 0 bridgehead atoms. The van der Waals surface area contributed by atoms with E-state index in [1.54, 1.807) is 0 Å². The van der Waals surface area contributed by atoms with Gasteiger partial charge in [-0.2, -0.15) is 0 Å². The van der Waals surface area contributed by atoms with Crippen LogP contribution in [0.25, 0.3) is 0 Å². The maximum Gasteiger partial charge on any atom is 0.407 e. The average Bonchev–Trinajstić information content (AvgIpc) is 2.44. The van der Waals surface area contributed by atoms with Crippen LogP contribution in [0.15, 0.2) is 30.3 Å². The van der Waals surface area contributed by atoms with E-state index >= 15 is 0 Å². The van der Waals surface area contributed by atoms with Gasteiger partial charge in [0.05, 0.1) is 0 Å². The standard InChI is InChI=1S/C17H27NO2/c1-4-5-9-12-17(2,3)14-18-16(19)20-13-15-10-7-6-8-11-15/h6-8,10-11H,4-5,9,12-14H2,1-3H3,(H,18,19). The Hall–Kier alpha value is -1.51. The molecule has 0 saturated heterocycles. The molecule has 3 nitrogen and oxygen atoms in total. The minimum atomic E-state index is -0.336. The zero-order valence-electron chi connectivity index (χ0n) is 12.9. The van der Waals surface area contributed by atoms with Crippen molar-refractivity contribution in [1.29, 1.82) is 0 Å². The Labute approximate surface area is 122 Å². The third-order valence-electron chi connectivity index (χ3n) is 3.38. The molecule has 0 atom stereocenters. The molecule has 0 radical (unpaired) electrons. The van der Waals surface area contributed by atoms with Crippen LogP contribution in [0.4, 0.5) is 4.79 Å². The van der Waals surface area contributed by atoms with Crippen LogP contribution >= 0.6 is 0 Å². The molecule has 1 aromatic rings. The first-order chi connectivity index (χ1) is 9.53. The molecule has 1 rings (SSSR count). The highest BCUT2D eigenvalue weighted by atomic mass is 16.5. The van der Waals surface area contributed by atoms with Crippen molar-refractivity contribution in [2.75, 3.05) is 6.54 Å². The summed E-state index contributed by atoms with van der Waals surface area (Å²) in [6.07, 6.45) is 4.48. The molecule has 0 heterocycles. The lowest BCUT2D eigenvalue weighted by Gasteiger charge is -2.24. The van der Waals surface area contributed by atoms with Gasteiger partial charge < -0.3 is 10.1 Å². The lowest BCUT2D eigenvalue weighted by Crippen LogP contribution is -2.34. The summed E-state index contributed by atoms with van der Waals surface area (Å²) in [4.78, 5) is 11.7. The van der Waals surface area contributed by atoms with Gasteiger partial charge in [-0.05, 0) is 17.4 Å². The number of amides is 1. The minimum Gasteiger partial charge on any atom is -0.445 e. The van der Waals surface area contributed by atoms with Gasteiger partial charge in [-0.25, -0.2) is 4.79 Å². The molecule has 1 aromatic carbocycles. The van der Waals surface area contributed by atoms with Crippen LogP contribution in [0, 0.1) is 5.41 Å². The molecule has 0 aromatic heterocycles. The molecule has 0 aliphatic carbocycles. The summed E-state index contributed by atoms with van der Waals surface area (Å²) in [5.41, 5.74) is 1.13. The third-order valence-corrected chi connectivity index (χ3v) is 3.38. The van der Waals surface area contributed by atoms with Crippen LogP contribution in [-0.2, 0) is 11.3 Å². The molecule has 0 spiro atoms. The summed E-state index contributed by atoms with van der Waals surface area (Å²) < 4.78 is 5.20. The molecular weight excluding hydrogens is 250 g/mol. The van der Waals surface area contributed by atoms with Gasteiger partial charge >= 0.3 is 6.09 Å².